The van der Waals surface area contributed by atoms with Gasteiger partial charge in [0.2, 0.25) is 0 Å². The van der Waals surface area contributed by atoms with Crippen molar-refractivity contribution >= 4 is 0 Å². The van der Waals surface area contributed by atoms with Crippen molar-refractivity contribution in [3.63, 3.8) is 0 Å². The largest absolute Gasteiger partial charge is 0.393 e. The SMILES string of the molecule is CCC[C@@H](O)C1=CCC[C@@]2(C)C[C@@H](O)[C@@H]3C[C@]12OC3(C)C. The highest BCUT2D eigenvalue weighted by atomic mass is 16.5. The summed E-state index contributed by atoms with van der Waals surface area (Å²) in [5, 5.41) is 21.3. The highest BCUT2D eigenvalue weighted by Gasteiger charge is 2.67. The summed E-state index contributed by atoms with van der Waals surface area (Å²) in [6.45, 7) is 8.55. The number of aliphatic hydroxyl groups excluding tert-OH is 2. The van der Waals surface area contributed by atoms with Crippen molar-refractivity contribution in [2.24, 2.45) is 11.3 Å². The summed E-state index contributed by atoms with van der Waals surface area (Å²) < 4.78 is 6.63. The molecule has 3 heteroatoms. The second kappa shape index (κ2) is 4.81. The topological polar surface area (TPSA) is 49.7 Å². The highest BCUT2D eigenvalue weighted by molar-refractivity contribution is 5.34. The Bertz CT molecular complexity index is 455. The van der Waals surface area contributed by atoms with Crippen molar-refractivity contribution in [3.05, 3.63) is 11.6 Å². The first kappa shape index (κ1) is 15.5. The van der Waals surface area contributed by atoms with Crippen LogP contribution in [0.3, 0.4) is 0 Å². The Labute approximate surface area is 128 Å². The lowest BCUT2D eigenvalue weighted by Gasteiger charge is -2.54. The van der Waals surface area contributed by atoms with E-state index in [1.165, 1.54) is 0 Å². The summed E-state index contributed by atoms with van der Waals surface area (Å²) in [5.41, 5.74) is 0.350. The second-order valence-electron chi connectivity index (χ2n) is 8.18. The molecule has 1 saturated carbocycles. The number of hydrogen-bond donors (Lipinski definition) is 2. The van der Waals surface area contributed by atoms with Crippen LogP contribution in [0.1, 0.15) is 66.2 Å². The van der Waals surface area contributed by atoms with Gasteiger partial charge < -0.3 is 14.9 Å². The van der Waals surface area contributed by atoms with E-state index in [1.54, 1.807) is 0 Å². The van der Waals surface area contributed by atoms with Gasteiger partial charge in [0, 0.05) is 11.3 Å². The molecular weight excluding hydrogens is 264 g/mol. The maximum atomic E-state index is 10.7. The van der Waals surface area contributed by atoms with Gasteiger partial charge in [-0.1, -0.05) is 26.3 Å². The van der Waals surface area contributed by atoms with Gasteiger partial charge in [-0.3, -0.25) is 0 Å². The molecule has 2 bridgehead atoms. The maximum absolute atomic E-state index is 10.7. The average Bonchev–Trinajstić information content (AvgIpc) is 2.63. The predicted octanol–water partition coefficient (Wildman–Crippen LogP) is 3.19. The van der Waals surface area contributed by atoms with E-state index in [0.717, 1.165) is 44.1 Å². The van der Waals surface area contributed by atoms with Crippen LogP contribution in [0.2, 0.25) is 0 Å². The van der Waals surface area contributed by atoms with Gasteiger partial charge in [0.1, 0.15) is 0 Å². The van der Waals surface area contributed by atoms with Gasteiger partial charge in [0.25, 0.3) is 0 Å². The fourth-order valence-electron chi connectivity index (χ4n) is 5.23. The third-order valence-electron chi connectivity index (χ3n) is 6.38. The molecule has 3 aliphatic rings. The van der Waals surface area contributed by atoms with Gasteiger partial charge in [-0.05, 0) is 51.5 Å². The Morgan fingerprint density at radius 2 is 2.05 bits per heavy atom. The maximum Gasteiger partial charge on any atom is 0.0982 e. The lowest BCUT2D eigenvalue weighted by Crippen LogP contribution is -2.56. The first-order valence-corrected chi connectivity index (χ1v) is 8.52. The van der Waals surface area contributed by atoms with E-state index in [0.29, 0.717) is 0 Å². The van der Waals surface area contributed by atoms with Crippen molar-refractivity contribution in [1.29, 1.82) is 0 Å². The summed E-state index contributed by atoms with van der Waals surface area (Å²) >= 11 is 0. The fourth-order valence-corrected chi connectivity index (χ4v) is 5.23. The lowest BCUT2D eigenvalue weighted by atomic mass is 9.54. The van der Waals surface area contributed by atoms with Gasteiger partial charge in [0.05, 0.1) is 23.4 Å². The van der Waals surface area contributed by atoms with E-state index >= 15 is 0 Å². The van der Waals surface area contributed by atoms with Crippen molar-refractivity contribution in [2.45, 2.75) is 89.6 Å². The van der Waals surface area contributed by atoms with Gasteiger partial charge in [-0.25, -0.2) is 0 Å². The van der Waals surface area contributed by atoms with Crippen LogP contribution in [-0.2, 0) is 4.74 Å². The first-order valence-electron chi connectivity index (χ1n) is 8.52. The monoisotopic (exact) mass is 294 g/mol. The van der Waals surface area contributed by atoms with Gasteiger partial charge in [0.15, 0.2) is 0 Å². The van der Waals surface area contributed by atoms with E-state index in [2.05, 4.69) is 33.8 Å². The van der Waals surface area contributed by atoms with Gasteiger partial charge >= 0.3 is 0 Å². The van der Waals surface area contributed by atoms with E-state index in [1.807, 2.05) is 0 Å². The Kier molecular flexibility index (Phi) is 3.55. The number of hydrogen-bond acceptors (Lipinski definition) is 3. The number of aliphatic hydroxyl groups is 2. The predicted molar refractivity (Wildman–Crippen MR) is 83.0 cm³/mol. The van der Waals surface area contributed by atoms with Gasteiger partial charge in [-0.15, -0.1) is 0 Å². The molecule has 0 unspecified atom stereocenters. The molecule has 1 heterocycles. The van der Waals surface area contributed by atoms with Gasteiger partial charge in [-0.2, -0.15) is 0 Å². The van der Waals surface area contributed by atoms with E-state index in [9.17, 15) is 10.2 Å². The minimum Gasteiger partial charge on any atom is -0.393 e. The Balaban J connectivity index is 2.05. The molecule has 0 amide bonds. The Morgan fingerprint density at radius 3 is 2.71 bits per heavy atom. The molecular formula is C18H30O3. The molecule has 0 aromatic heterocycles. The number of allylic oxidation sites excluding steroid dienone is 1. The van der Waals surface area contributed by atoms with Crippen molar-refractivity contribution in [3.8, 4) is 0 Å². The molecule has 3 rings (SSSR count). The fraction of sp³-hybridized carbons (Fsp3) is 0.889. The van der Waals surface area contributed by atoms with E-state index < -0.39 is 6.10 Å². The third-order valence-corrected chi connectivity index (χ3v) is 6.38. The van der Waals surface area contributed by atoms with Crippen LogP contribution in [0, 0.1) is 11.3 Å². The third kappa shape index (κ3) is 2.04. The molecule has 3 nitrogen and oxygen atoms in total. The minimum absolute atomic E-state index is 0.0600. The van der Waals surface area contributed by atoms with Crippen molar-refractivity contribution < 1.29 is 14.9 Å². The van der Waals surface area contributed by atoms with Crippen LogP contribution in [0.15, 0.2) is 11.6 Å². The molecule has 1 saturated heterocycles. The van der Waals surface area contributed by atoms with Crippen molar-refractivity contribution in [1.82, 2.24) is 0 Å². The normalized spacial score (nSPS) is 45.9. The number of fused-ring (bicyclic) bond motifs is 1. The smallest absolute Gasteiger partial charge is 0.0982 e. The first-order chi connectivity index (χ1) is 9.76. The van der Waals surface area contributed by atoms with Crippen LogP contribution in [0.5, 0.6) is 0 Å². The number of rotatable bonds is 3. The van der Waals surface area contributed by atoms with Crippen LogP contribution >= 0.6 is 0 Å². The summed E-state index contributed by atoms with van der Waals surface area (Å²) in [7, 11) is 0. The molecule has 2 N–H and O–H groups in total. The Morgan fingerprint density at radius 1 is 1.33 bits per heavy atom. The quantitative estimate of drug-likeness (QED) is 0.786. The highest BCUT2D eigenvalue weighted by Crippen LogP contribution is 2.65. The molecule has 120 valence electrons. The zero-order valence-corrected chi connectivity index (χ0v) is 13.9. The molecule has 21 heavy (non-hydrogen) atoms. The molecule has 0 radical (unpaired) electrons. The zero-order valence-electron chi connectivity index (χ0n) is 13.9. The molecule has 0 aromatic carbocycles. The standard InChI is InChI=1S/C18H30O3/c1-5-7-14(19)12-8-6-9-17(4)11-15(20)13-10-18(12,17)21-16(13,2)3/h8,13-15,19-20H,5-7,9-11H2,1-4H3/t13-,14+,15+,17-,18-/m0/s1. The second-order valence-corrected chi connectivity index (χ2v) is 8.18. The zero-order chi connectivity index (χ0) is 15.5. The molecule has 5 atom stereocenters. The average molecular weight is 294 g/mol. The Hall–Kier alpha value is -0.380. The van der Waals surface area contributed by atoms with Crippen molar-refractivity contribution in [2.75, 3.05) is 0 Å². The molecule has 1 aliphatic heterocycles. The molecule has 0 aromatic rings. The lowest BCUT2D eigenvalue weighted by molar-refractivity contribution is -0.141. The van der Waals surface area contributed by atoms with Crippen LogP contribution in [0.25, 0.3) is 0 Å². The van der Waals surface area contributed by atoms with Crippen LogP contribution < -0.4 is 0 Å². The summed E-state index contributed by atoms with van der Waals surface area (Å²) in [5.74, 6) is 0.168. The molecule has 2 aliphatic carbocycles. The van der Waals surface area contributed by atoms with Crippen LogP contribution in [-0.4, -0.2) is 33.6 Å². The summed E-state index contributed by atoms with van der Waals surface area (Å²) in [6, 6.07) is 0. The minimum atomic E-state index is -0.403. The summed E-state index contributed by atoms with van der Waals surface area (Å²) in [4.78, 5) is 0. The number of ether oxygens (including phenoxy) is 1. The molecule has 2 fully saturated rings. The summed E-state index contributed by atoms with van der Waals surface area (Å²) in [6.07, 6.45) is 6.95. The van der Waals surface area contributed by atoms with E-state index in [4.69, 9.17) is 4.74 Å². The molecule has 1 spiro atoms. The van der Waals surface area contributed by atoms with Crippen LogP contribution in [0.4, 0.5) is 0 Å². The van der Waals surface area contributed by atoms with E-state index in [-0.39, 0.29) is 28.6 Å².